The highest BCUT2D eigenvalue weighted by molar-refractivity contribution is 5.55. The van der Waals surface area contributed by atoms with Crippen molar-refractivity contribution in [1.82, 2.24) is 29.4 Å². The van der Waals surface area contributed by atoms with Gasteiger partial charge in [0.1, 0.15) is 0 Å². The van der Waals surface area contributed by atoms with Crippen LogP contribution in [0, 0.1) is 69.9 Å². The van der Waals surface area contributed by atoms with Gasteiger partial charge < -0.3 is 87.5 Å². The van der Waals surface area contributed by atoms with Crippen molar-refractivity contribution in [2.24, 2.45) is 69.9 Å². The van der Waals surface area contributed by atoms with Crippen molar-refractivity contribution in [1.29, 1.82) is 0 Å². The number of hydrogen-bond acceptors (Lipinski definition) is 24. The van der Waals surface area contributed by atoms with Gasteiger partial charge in [-0.1, -0.05) is 96.6 Å². The Labute approximate surface area is 925 Å². The molecule has 6 fully saturated rings. The smallest absolute Gasteiger partial charge is 0.161 e. The average molecular weight is 2010 g/mol. The first-order chi connectivity index (χ1) is 90.2. The SMILES string of the molecule is [2H]C([2H])([2H])C(C)(C([2H])([2H])[2H])C([2H])([2H])C1CN2C(CC1O)c1cc(OC)c(OC)cc1C([2H])([2H])C2([2H])[2H].[2H]C([2H])([2H])Oc1cc2c(cc1OC)C([2H])([2H])C([2H])([2H])N1CC(C([2H])([2H])C(C)(C([2H])([2H])[2H])C([2H])([2H])[2H])C(O)CC21.[2H]C([2H])([2H])Oc1cc2c(cc1OC)C([2H])([2H])C([2H])([2H])N1CC(CC(C)C)C(O)CC21.[2H]C([2H])([2H])Oc1cc2c(cc1OC)C([2H])([2H])C([2H])([2H])N1CC([2H])(CC(C)C)C([2H])(O)C([2H])([2H])C21.[2H]C1(CC(C)C)CN2C(c3cc(OC)c(OC)cc3C([2H])([2H])C2([2H])[2H])C([2H])([2H])C1([2H])O.[2H]C1(CC(C)C)CN2C(c3cc(OC)c(OC)cc3C([2H])([2H])C2([2H])[2H])C([2H])([2H])C1([2H])O. The van der Waals surface area contributed by atoms with Crippen LogP contribution in [0.25, 0.3) is 0 Å². The molecular formula is C116H178N6O18. The fourth-order valence-electron chi connectivity index (χ4n) is 19.3. The Kier molecular flexibility index (Phi) is 18.8. The van der Waals surface area contributed by atoms with E-state index in [0.717, 1.165) is 56.5 Å². The third-order valence-electron chi connectivity index (χ3n) is 25.7. The first-order valence-corrected chi connectivity index (χ1v) is 46.5. The number of rotatable bonds is 22. The van der Waals surface area contributed by atoms with E-state index >= 15 is 0 Å². The second-order valence-corrected chi connectivity index (χ2v) is 38.1. The van der Waals surface area contributed by atoms with Crippen molar-refractivity contribution in [3.63, 3.8) is 0 Å². The number of aryl methyl sites for hydroxylation is 6. The Morgan fingerprint density at radius 1 is 0.300 bits per heavy atom. The number of benzene rings is 6. The van der Waals surface area contributed by atoms with Gasteiger partial charge >= 0.3 is 0 Å². The summed E-state index contributed by atoms with van der Waals surface area (Å²) in [5.41, 5.74) is -5.92. The molecule has 12 heterocycles. The Morgan fingerprint density at radius 2 is 0.500 bits per heavy atom. The van der Waals surface area contributed by atoms with E-state index in [0.29, 0.717) is 23.5 Å². The lowest BCUT2D eigenvalue weighted by atomic mass is 9.75. The summed E-state index contributed by atoms with van der Waals surface area (Å²) in [6.45, 7) is -16.2. The molecule has 24 heteroatoms. The minimum Gasteiger partial charge on any atom is -0.493 e. The number of fused-ring (bicyclic) bond motifs is 18. The number of aliphatic hydroxyl groups is 6. The minimum atomic E-state index is -3.35. The quantitative estimate of drug-likeness (QED) is 0.0369. The molecule has 0 aromatic heterocycles. The van der Waals surface area contributed by atoms with Gasteiger partial charge in [-0.2, -0.15) is 0 Å². The van der Waals surface area contributed by atoms with Crippen molar-refractivity contribution >= 4 is 0 Å². The topological polar surface area (TPSA) is 252 Å². The molecule has 140 heavy (non-hydrogen) atoms. The molecule has 6 saturated heterocycles. The fraction of sp³-hybridized carbons (Fsp3) is 0.690. The number of hydrogen-bond donors (Lipinski definition) is 6. The molecule has 18 unspecified atom stereocenters. The zero-order valence-electron chi connectivity index (χ0n) is 144. The first kappa shape index (κ1) is 54.2. The van der Waals surface area contributed by atoms with E-state index in [2.05, 4.69) is 0 Å². The molecule has 780 valence electrons. The van der Waals surface area contributed by atoms with Crippen LogP contribution in [0.3, 0.4) is 0 Å². The van der Waals surface area contributed by atoms with E-state index in [-0.39, 0.29) is 187 Å². The molecule has 18 atom stereocenters. The van der Waals surface area contributed by atoms with Crippen LogP contribution in [-0.4, -0.2) is 260 Å². The summed E-state index contributed by atoms with van der Waals surface area (Å²) in [6, 6.07) is 7.81. The highest BCUT2D eigenvalue weighted by Gasteiger charge is 2.47. The summed E-state index contributed by atoms with van der Waals surface area (Å²) in [7, 11) is 3.32. The molecule has 6 aromatic rings. The van der Waals surface area contributed by atoms with Crippen LogP contribution >= 0.6 is 0 Å². The molecule has 18 rings (SSSR count). The standard InChI is InChI=1S/2C20H31NO3.4C19H29NO3/c2*1-20(2,3)11-14-12-21-7-6-13-8-18(23-4)19(24-5)9-15(13)16(21)10-17(14)22;4*1-12(2)7-14-11-20-6-5-13-8-18(22-3)19(23-4)9-15(13)16(20)10-17(14)21/h2*8-9,14,16-17,22H,6-7,10-12H2,1-5H3;4*8-9,12,14,16-17,21H,5-7,10-11H2,1-4H3/i1D3,2D3,5D3,6D2,7D2,11D2;1D3,2D3,6D2,7D2,11D2;4D3,5D2,6D2,10D2,14D,17D;2*5D2,6D2,10D2,14D,17D;4D3,5D2,6D2. The van der Waals surface area contributed by atoms with Crippen LogP contribution in [0.4, 0.5) is 0 Å². The van der Waals surface area contributed by atoms with Crippen LogP contribution in [0.15, 0.2) is 72.8 Å². The summed E-state index contributed by atoms with van der Waals surface area (Å²) in [4.78, 5) is 6.20. The summed E-state index contributed by atoms with van der Waals surface area (Å²) >= 11 is 0. The van der Waals surface area contributed by atoms with E-state index in [1.165, 1.54) is 123 Å². The molecule has 12 aliphatic rings. The average Bonchev–Trinajstić information content (AvgIpc) is 0.671. The van der Waals surface area contributed by atoms with E-state index in [1.807, 2.05) is 13.8 Å². The van der Waals surface area contributed by atoms with E-state index in [1.54, 1.807) is 41.5 Å². The maximum Gasteiger partial charge on any atom is 0.161 e. The second kappa shape index (κ2) is 48.6. The number of methoxy groups -OCH3 is 12. The molecular weight excluding hydrogens is 1770 g/mol. The zero-order chi connectivity index (χ0) is 155. The lowest BCUT2D eigenvalue weighted by molar-refractivity contribution is -0.0259. The van der Waals surface area contributed by atoms with Crippen LogP contribution in [0.2, 0.25) is 0 Å². The summed E-state index contributed by atoms with van der Waals surface area (Å²) in [5, 5.41) is 66.2. The van der Waals surface area contributed by atoms with Gasteiger partial charge in [0.15, 0.2) is 69.0 Å². The minimum absolute atomic E-state index is 0.0186. The molecule has 0 aliphatic carbocycles. The summed E-state index contributed by atoms with van der Waals surface area (Å²) in [5.74, 6) is -10.2. The van der Waals surface area contributed by atoms with Crippen LogP contribution in [0.1, 0.15) is 360 Å². The van der Waals surface area contributed by atoms with Crippen molar-refractivity contribution < 1.29 is 171 Å². The number of ether oxygens (including phenoxy) is 12. The van der Waals surface area contributed by atoms with Gasteiger partial charge in [-0.15, -0.1) is 0 Å². The molecule has 0 amide bonds. The highest BCUT2D eigenvalue weighted by Crippen LogP contribution is 2.53. The van der Waals surface area contributed by atoms with Crippen molar-refractivity contribution in [3.8, 4) is 69.0 Å². The van der Waals surface area contributed by atoms with Crippen LogP contribution in [-0.2, 0) is 38.2 Å². The van der Waals surface area contributed by atoms with Gasteiger partial charge in [0.2, 0.25) is 0 Å². The maximum atomic E-state index is 11.1. The normalized spacial score (nSPS) is 43.2. The van der Waals surface area contributed by atoms with Crippen molar-refractivity contribution in [2.75, 3.05) is 163 Å². The Hall–Kier alpha value is -7.56. The molecule has 0 bridgehead atoms. The van der Waals surface area contributed by atoms with Gasteiger partial charge in [0, 0.05) is 182 Å². The van der Waals surface area contributed by atoms with Gasteiger partial charge in [0.05, 0.1) is 138 Å². The monoisotopic (exact) mass is 2000 g/mol. The van der Waals surface area contributed by atoms with Crippen LogP contribution in [0.5, 0.6) is 69.0 Å². The molecule has 0 saturated carbocycles. The predicted molar refractivity (Wildman–Crippen MR) is 556 cm³/mol. The predicted octanol–water partition coefficient (Wildman–Crippen LogP) is 19.0. The molecule has 6 N–H and O–H groups in total. The molecule has 24 nitrogen and oxygen atoms in total. The van der Waals surface area contributed by atoms with Gasteiger partial charge in [-0.3, -0.25) is 29.4 Å². The van der Waals surface area contributed by atoms with E-state index < -0.39 is 310 Å². The summed E-state index contributed by atoms with van der Waals surface area (Å²) in [6.07, 6.45) is -43.2. The highest BCUT2D eigenvalue weighted by atomic mass is 16.5. The fourth-order valence-corrected chi connectivity index (χ4v) is 19.3. The van der Waals surface area contributed by atoms with E-state index in [4.69, 9.17) is 140 Å². The second-order valence-electron chi connectivity index (χ2n) is 38.1. The molecule has 0 radical (unpaired) electrons. The van der Waals surface area contributed by atoms with E-state index in [9.17, 15) is 30.6 Å². The number of nitrogens with zero attached hydrogens (tertiary/aromatic N) is 6. The van der Waals surface area contributed by atoms with Gasteiger partial charge in [-0.05, 0) is 325 Å². The number of aliphatic hydroxyl groups excluding tert-OH is 3. The molecule has 0 spiro atoms. The van der Waals surface area contributed by atoms with Gasteiger partial charge in [-0.25, -0.2) is 0 Å². The molecule has 12 aliphatic heterocycles. The lowest BCUT2D eigenvalue weighted by Gasteiger charge is -2.47. The van der Waals surface area contributed by atoms with Gasteiger partial charge in [0.25, 0.3) is 0 Å². The Bertz CT molecular complexity index is 7770. The molecule has 6 aromatic carbocycles. The van der Waals surface area contributed by atoms with Crippen molar-refractivity contribution in [3.05, 3.63) is 140 Å². The van der Waals surface area contributed by atoms with Crippen LogP contribution < -0.4 is 56.8 Å². The maximum absolute atomic E-state index is 11.1. The third-order valence-corrected chi connectivity index (χ3v) is 25.7. The zero-order valence-corrected chi connectivity index (χ0v) is 82.6. The Morgan fingerprint density at radius 3 is 0.714 bits per heavy atom. The first-order valence-electron chi connectivity index (χ1n) is 77.0. The summed E-state index contributed by atoms with van der Waals surface area (Å²) < 4.78 is 570. The largest absolute Gasteiger partial charge is 0.493 e. The van der Waals surface area contributed by atoms with Crippen molar-refractivity contribution in [2.45, 2.75) is 284 Å². The lowest BCUT2D eigenvalue weighted by Crippen LogP contribution is -2.48. The Balaban J connectivity index is 0.000000194. The number of piperidine rings is 6. The third kappa shape index (κ3) is 26.3.